The molecule has 32 heavy (non-hydrogen) atoms. The summed E-state index contributed by atoms with van der Waals surface area (Å²) in [5.74, 6) is 1.41. The highest BCUT2D eigenvalue weighted by atomic mass is 16.5. The molecular weight excluding hydrogens is 414 g/mol. The summed E-state index contributed by atoms with van der Waals surface area (Å²) >= 11 is 0. The Kier molecular flexibility index (Phi) is 6.21. The van der Waals surface area contributed by atoms with Crippen LogP contribution in [0.15, 0.2) is 34.0 Å². The molecule has 170 valence electrons. The predicted octanol–water partition coefficient (Wildman–Crippen LogP) is 1.48. The molecule has 4 rings (SSSR count). The largest absolute Gasteiger partial charge is 0.463 e. The SMILES string of the molecule is CN(C)C=Nc1nc(/C=C/N(C)C)nc2c1c(-c1ccco1)nn2C1CC(O)C(CO)O1. The van der Waals surface area contributed by atoms with E-state index in [1.54, 1.807) is 35.5 Å². The van der Waals surface area contributed by atoms with Crippen LogP contribution in [0.25, 0.3) is 28.6 Å². The summed E-state index contributed by atoms with van der Waals surface area (Å²) in [5, 5.41) is 25.1. The fourth-order valence-electron chi connectivity index (χ4n) is 3.41. The van der Waals surface area contributed by atoms with Gasteiger partial charge in [0, 0.05) is 40.8 Å². The summed E-state index contributed by atoms with van der Waals surface area (Å²) in [6.45, 7) is -0.286. The van der Waals surface area contributed by atoms with Crippen molar-refractivity contribution in [2.45, 2.75) is 24.9 Å². The van der Waals surface area contributed by atoms with Crippen molar-refractivity contribution in [3.63, 3.8) is 0 Å². The lowest BCUT2D eigenvalue weighted by molar-refractivity contribution is -0.0469. The zero-order valence-corrected chi connectivity index (χ0v) is 18.5. The maximum atomic E-state index is 10.3. The summed E-state index contributed by atoms with van der Waals surface area (Å²) in [6, 6.07) is 3.57. The lowest BCUT2D eigenvalue weighted by atomic mass is 10.2. The summed E-state index contributed by atoms with van der Waals surface area (Å²) in [4.78, 5) is 17.6. The van der Waals surface area contributed by atoms with Crippen LogP contribution in [0, 0.1) is 0 Å². The minimum atomic E-state index is -0.808. The van der Waals surface area contributed by atoms with Crippen LogP contribution < -0.4 is 0 Å². The molecule has 3 aromatic rings. The highest BCUT2D eigenvalue weighted by Crippen LogP contribution is 2.38. The van der Waals surface area contributed by atoms with E-state index in [4.69, 9.17) is 19.2 Å². The van der Waals surface area contributed by atoms with Crippen molar-refractivity contribution in [2.75, 3.05) is 34.8 Å². The molecule has 0 aromatic carbocycles. The molecule has 1 saturated heterocycles. The third-order valence-corrected chi connectivity index (χ3v) is 4.89. The molecular formula is C21H27N7O4. The lowest BCUT2D eigenvalue weighted by Gasteiger charge is -2.13. The monoisotopic (exact) mass is 441 g/mol. The number of furan rings is 1. The van der Waals surface area contributed by atoms with Gasteiger partial charge in [0.2, 0.25) is 0 Å². The molecule has 1 fully saturated rings. The predicted molar refractivity (Wildman–Crippen MR) is 119 cm³/mol. The number of aromatic nitrogens is 4. The first-order chi connectivity index (χ1) is 15.4. The van der Waals surface area contributed by atoms with Gasteiger partial charge in [-0.05, 0) is 18.2 Å². The molecule has 3 atom stereocenters. The number of aliphatic imine (C=N–C) groups is 1. The van der Waals surface area contributed by atoms with Gasteiger partial charge in [0.15, 0.2) is 29.3 Å². The van der Waals surface area contributed by atoms with E-state index in [9.17, 15) is 10.2 Å². The number of aliphatic hydroxyl groups is 2. The molecule has 1 aliphatic rings. The molecule has 2 N–H and O–H groups in total. The Bertz CT molecular complexity index is 1120. The number of fused-ring (bicyclic) bond motifs is 1. The average Bonchev–Trinajstić information content (AvgIpc) is 3.48. The maximum Gasteiger partial charge on any atom is 0.169 e. The van der Waals surface area contributed by atoms with Gasteiger partial charge in [0.25, 0.3) is 0 Å². The van der Waals surface area contributed by atoms with Crippen LogP contribution in [0.2, 0.25) is 0 Å². The van der Waals surface area contributed by atoms with Gasteiger partial charge in [-0.15, -0.1) is 0 Å². The number of aliphatic hydroxyl groups excluding tert-OH is 2. The Morgan fingerprint density at radius 2 is 2.06 bits per heavy atom. The molecule has 0 radical (unpaired) electrons. The molecule has 0 spiro atoms. The zero-order valence-electron chi connectivity index (χ0n) is 18.5. The van der Waals surface area contributed by atoms with Crippen LogP contribution in [0.1, 0.15) is 18.5 Å². The second-order valence-corrected chi connectivity index (χ2v) is 7.98. The highest BCUT2D eigenvalue weighted by Gasteiger charge is 2.37. The van der Waals surface area contributed by atoms with E-state index in [0.717, 1.165) is 0 Å². The van der Waals surface area contributed by atoms with Crippen molar-refractivity contribution in [2.24, 2.45) is 4.99 Å². The molecule has 11 nitrogen and oxygen atoms in total. The Morgan fingerprint density at radius 1 is 1.25 bits per heavy atom. The van der Waals surface area contributed by atoms with E-state index >= 15 is 0 Å². The zero-order chi connectivity index (χ0) is 22.8. The fraction of sp³-hybridized carbons (Fsp3) is 0.429. The second kappa shape index (κ2) is 9.07. The Morgan fingerprint density at radius 3 is 2.69 bits per heavy atom. The molecule has 3 unspecified atom stereocenters. The second-order valence-electron chi connectivity index (χ2n) is 7.98. The van der Waals surface area contributed by atoms with Crippen molar-refractivity contribution in [1.29, 1.82) is 0 Å². The number of ether oxygens (including phenoxy) is 1. The summed E-state index contributed by atoms with van der Waals surface area (Å²) in [5.41, 5.74) is 1.01. The van der Waals surface area contributed by atoms with E-state index in [-0.39, 0.29) is 13.0 Å². The average molecular weight is 441 g/mol. The van der Waals surface area contributed by atoms with E-state index in [1.165, 1.54) is 0 Å². The van der Waals surface area contributed by atoms with Gasteiger partial charge < -0.3 is 29.2 Å². The number of hydrogen-bond donors (Lipinski definition) is 2. The van der Waals surface area contributed by atoms with Gasteiger partial charge in [-0.25, -0.2) is 19.6 Å². The van der Waals surface area contributed by atoms with Crippen LogP contribution in [-0.4, -0.2) is 93.1 Å². The maximum absolute atomic E-state index is 10.3. The highest BCUT2D eigenvalue weighted by molar-refractivity contribution is 5.98. The molecule has 11 heteroatoms. The van der Waals surface area contributed by atoms with Crippen LogP contribution in [0.3, 0.4) is 0 Å². The first-order valence-electron chi connectivity index (χ1n) is 10.2. The molecule has 0 saturated carbocycles. The van der Waals surface area contributed by atoms with Crippen molar-refractivity contribution in [1.82, 2.24) is 29.5 Å². The van der Waals surface area contributed by atoms with Gasteiger partial charge >= 0.3 is 0 Å². The third kappa shape index (κ3) is 4.35. The molecule has 0 amide bonds. The van der Waals surface area contributed by atoms with Gasteiger partial charge in [0.05, 0.1) is 30.7 Å². The van der Waals surface area contributed by atoms with Crippen LogP contribution in [0.5, 0.6) is 0 Å². The van der Waals surface area contributed by atoms with Crippen LogP contribution >= 0.6 is 0 Å². The summed E-state index contributed by atoms with van der Waals surface area (Å²) in [6.07, 6.45) is 5.00. The van der Waals surface area contributed by atoms with E-state index < -0.39 is 18.4 Å². The van der Waals surface area contributed by atoms with Gasteiger partial charge in [-0.3, -0.25) is 0 Å². The van der Waals surface area contributed by atoms with Crippen molar-refractivity contribution in [3.05, 3.63) is 30.4 Å². The van der Waals surface area contributed by atoms with Crippen LogP contribution in [-0.2, 0) is 4.74 Å². The Labute approximate surface area is 185 Å². The van der Waals surface area contributed by atoms with Crippen LogP contribution in [0.4, 0.5) is 5.82 Å². The normalized spacial score (nSPS) is 21.4. The number of hydrogen-bond acceptors (Lipinski definition) is 9. The van der Waals surface area contributed by atoms with Crippen molar-refractivity contribution >= 4 is 29.3 Å². The number of nitrogens with zero attached hydrogens (tertiary/aromatic N) is 7. The minimum Gasteiger partial charge on any atom is -0.463 e. The van der Waals surface area contributed by atoms with E-state index in [1.807, 2.05) is 44.2 Å². The van der Waals surface area contributed by atoms with E-state index in [0.29, 0.717) is 34.1 Å². The molecule has 4 heterocycles. The standard InChI is InChI=1S/C21H27N7O4/c1-26(2)8-7-16-23-20(22-12-27(3)4)18-19(14-6-5-9-31-14)25-28(21(18)24-16)17-10-13(30)15(11-29)32-17/h5-9,12-13,15,17,29-30H,10-11H2,1-4H3/b8-7+,22-12?. The molecule has 0 bridgehead atoms. The van der Waals surface area contributed by atoms with E-state index in [2.05, 4.69) is 9.98 Å². The smallest absolute Gasteiger partial charge is 0.169 e. The first kappa shape index (κ1) is 21.9. The van der Waals surface area contributed by atoms with Gasteiger partial charge in [-0.2, -0.15) is 5.10 Å². The molecule has 3 aromatic heterocycles. The molecule has 0 aliphatic carbocycles. The topological polar surface area (TPSA) is 125 Å². The minimum absolute atomic E-state index is 0.267. The Hall–Kier alpha value is -3.28. The fourth-order valence-corrected chi connectivity index (χ4v) is 3.41. The molecule has 1 aliphatic heterocycles. The quantitative estimate of drug-likeness (QED) is 0.414. The van der Waals surface area contributed by atoms with Gasteiger partial charge in [0.1, 0.15) is 11.8 Å². The van der Waals surface area contributed by atoms with Crippen molar-refractivity contribution < 1.29 is 19.4 Å². The summed E-state index contributed by atoms with van der Waals surface area (Å²) in [7, 11) is 7.55. The number of rotatable bonds is 7. The first-order valence-corrected chi connectivity index (χ1v) is 10.2. The Balaban J connectivity index is 1.95. The summed E-state index contributed by atoms with van der Waals surface area (Å²) < 4.78 is 13.1. The van der Waals surface area contributed by atoms with Gasteiger partial charge in [-0.1, -0.05) is 0 Å². The lowest BCUT2D eigenvalue weighted by Crippen LogP contribution is -2.24. The third-order valence-electron chi connectivity index (χ3n) is 4.89. The van der Waals surface area contributed by atoms with Crippen molar-refractivity contribution in [3.8, 4) is 11.5 Å².